The smallest absolute Gasteiger partial charge is 0.00691 e. The highest BCUT2D eigenvalue weighted by Crippen LogP contribution is 2.59. The molecular weight excluding hydrogens is 168 g/mol. The molecular formula is C14H26. The Morgan fingerprint density at radius 3 is 1.79 bits per heavy atom. The molecule has 0 spiro atoms. The van der Waals surface area contributed by atoms with Crippen molar-refractivity contribution < 1.29 is 0 Å². The topological polar surface area (TPSA) is 0 Å². The van der Waals surface area contributed by atoms with Gasteiger partial charge in [-0.15, -0.1) is 0 Å². The first-order valence-corrected chi connectivity index (χ1v) is 5.84. The molecule has 14 heavy (non-hydrogen) atoms. The summed E-state index contributed by atoms with van der Waals surface area (Å²) >= 11 is 0. The van der Waals surface area contributed by atoms with Gasteiger partial charge in [0, 0.05) is 0 Å². The first-order valence-electron chi connectivity index (χ1n) is 5.84. The first kappa shape index (κ1) is 11.8. The zero-order valence-corrected chi connectivity index (χ0v) is 10.8. The van der Waals surface area contributed by atoms with Crippen LogP contribution in [-0.2, 0) is 0 Å². The molecule has 0 heterocycles. The maximum absolute atomic E-state index is 2.48. The Morgan fingerprint density at radius 1 is 1.00 bits per heavy atom. The molecule has 1 rings (SSSR count). The Labute approximate surface area is 89.8 Å². The maximum atomic E-state index is 2.48. The first-order chi connectivity index (χ1) is 6.16. The lowest BCUT2D eigenvalue weighted by Crippen LogP contribution is -2.19. The van der Waals surface area contributed by atoms with Gasteiger partial charge in [-0.05, 0) is 35.5 Å². The van der Waals surface area contributed by atoms with Crippen LogP contribution in [0.2, 0.25) is 0 Å². The van der Waals surface area contributed by atoms with E-state index in [1.165, 1.54) is 19.3 Å². The van der Waals surface area contributed by atoms with Gasteiger partial charge in [0.2, 0.25) is 0 Å². The van der Waals surface area contributed by atoms with Crippen molar-refractivity contribution in [3.63, 3.8) is 0 Å². The minimum atomic E-state index is 0.435. The van der Waals surface area contributed by atoms with E-state index in [1.54, 1.807) is 0 Å². The van der Waals surface area contributed by atoms with E-state index in [1.807, 2.05) is 0 Å². The van der Waals surface area contributed by atoms with Crippen molar-refractivity contribution >= 4 is 0 Å². The highest BCUT2D eigenvalue weighted by Gasteiger charge is 2.49. The van der Waals surface area contributed by atoms with Crippen LogP contribution >= 0.6 is 0 Å². The second kappa shape index (κ2) is 3.40. The highest BCUT2D eigenvalue weighted by atomic mass is 14.5. The van der Waals surface area contributed by atoms with Crippen molar-refractivity contribution in [3.8, 4) is 0 Å². The van der Waals surface area contributed by atoms with Crippen LogP contribution < -0.4 is 0 Å². The fourth-order valence-corrected chi connectivity index (χ4v) is 1.94. The lowest BCUT2D eigenvalue weighted by molar-refractivity contribution is 0.269. The van der Waals surface area contributed by atoms with Crippen molar-refractivity contribution in [1.82, 2.24) is 0 Å². The second-order valence-electron chi connectivity index (χ2n) is 7.07. The zero-order chi connectivity index (χ0) is 11.0. The second-order valence-corrected chi connectivity index (χ2v) is 7.07. The van der Waals surface area contributed by atoms with Gasteiger partial charge < -0.3 is 0 Å². The van der Waals surface area contributed by atoms with Crippen LogP contribution in [-0.4, -0.2) is 0 Å². The lowest BCUT2D eigenvalue weighted by atomic mass is 9.77. The van der Waals surface area contributed by atoms with E-state index in [9.17, 15) is 0 Å². The third kappa shape index (κ3) is 2.87. The van der Waals surface area contributed by atoms with Gasteiger partial charge in [-0.3, -0.25) is 0 Å². The summed E-state index contributed by atoms with van der Waals surface area (Å²) in [6.45, 7) is 14.0. The molecule has 0 nitrogen and oxygen atoms in total. The predicted octanol–water partition coefficient (Wildman–Crippen LogP) is 4.81. The van der Waals surface area contributed by atoms with Crippen molar-refractivity contribution in [2.75, 3.05) is 0 Å². The Morgan fingerprint density at radius 2 is 1.50 bits per heavy atom. The van der Waals surface area contributed by atoms with Gasteiger partial charge in [0.1, 0.15) is 0 Å². The number of hydrogen-bond donors (Lipinski definition) is 0. The maximum Gasteiger partial charge on any atom is -0.00691 e. The standard InChI is InChI=1S/C14H26/c1-12(2,3)8-7-9-14(10-11-14)13(4,5)6/h7,9H,8,10-11H2,1-6H3/b9-7+. The van der Waals surface area contributed by atoms with E-state index in [-0.39, 0.29) is 0 Å². The Bertz CT molecular complexity index is 215. The molecule has 1 fully saturated rings. The Hall–Kier alpha value is -0.260. The van der Waals surface area contributed by atoms with Crippen molar-refractivity contribution in [3.05, 3.63) is 12.2 Å². The van der Waals surface area contributed by atoms with Gasteiger partial charge in [-0.25, -0.2) is 0 Å². The van der Waals surface area contributed by atoms with Gasteiger partial charge in [0.15, 0.2) is 0 Å². The molecule has 0 aliphatic heterocycles. The summed E-state index contributed by atoms with van der Waals surface area (Å²) in [5.74, 6) is 0. The molecule has 1 aliphatic carbocycles. The fourth-order valence-electron chi connectivity index (χ4n) is 1.94. The molecule has 0 bridgehead atoms. The molecule has 0 unspecified atom stereocenters. The molecule has 0 N–H and O–H groups in total. The minimum Gasteiger partial charge on any atom is -0.0874 e. The molecule has 1 saturated carbocycles. The van der Waals surface area contributed by atoms with Crippen molar-refractivity contribution in [2.45, 2.75) is 60.8 Å². The van der Waals surface area contributed by atoms with E-state index in [0.29, 0.717) is 16.2 Å². The van der Waals surface area contributed by atoms with Crippen molar-refractivity contribution in [2.24, 2.45) is 16.2 Å². The van der Waals surface area contributed by atoms with E-state index in [0.717, 1.165) is 0 Å². The molecule has 0 saturated heterocycles. The monoisotopic (exact) mass is 194 g/mol. The third-order valence-electron chi connectivity index (χ3n) is 3.45. The van der Waals surface area contributed by atoms with E-state index < -0.39 is 0 Å². The van der Waals surface area contributed by atoms with Crippen LogP contribution in [0.25, 0.3) is 0 Å². The van der Waals surface area contributed by atoms with Crippen LogP contribution in [0.4, 0.5) is 0 Å². The predicted molar refractivity (Wildman–Crippen MR) is 64.3 cm³/mol. The van der Waals surface area contributed by atoms with Crippen LogP contribution in [0, 0.1) is 16.2 Å². The molecule has 1 aliphatic rings. The quantitative estimate of drug-likeness (QED) is 0.554. The van der Waals surface area contributed by atoms with Crippen LogP contribution in [0.15, 0.2) is 12.2 Å². The molecule has 0 heteroatoms. The SMILES string of the molecule is CC(C)(C)C/C=C/C1(C(C)(C)C)CC1. The van der Waals surface area contributed by atoms with Crippen LogP contribution in [0.3, 0.4) is 0 Å². The summed E-state index contributed by atoms with van der Waals surface area (Å²) in [6, 6.07) is 0. The van der Waals surface area contributed by atoms with E-state index in [4.69, 9.17) is 0 Å². The number of allylic oxidation sites excluding steroid dienone is 2. The van der Waals surface area contributed by atoms with E-state index in [2.05, 4.69) is 53.7 Å². The summed E-state index contributed by atoms with van der Waals surface area (Å²) < 4.78 is 0. The Balaban J connectivity index is 2.53. The highest BCUT2D eigenvalue weighted by molar-refractivity contribution is 5.14. The average molecular weight is 194 g/mol. The number of hydrogen-bond acceptors (Lipinski definition) is 0. The summed E-state index contributed by atoms with van der Waals surface area (Å²) in [6.07, 6.45) is 8.86. The molecule has 0 aromatic carbocycles. The largest absolute Gasteiger partial charge is 0.0874 e. The van der Waals surface area contributed by atoms with E-state index >= 15 is 0 Å². The van der Waals surface area contributed by atoms with Gasteiger partial charge in [0.05, 0.1) is 0 Å². The van der Waals surface area contributed by atoms with Gasteiger partial charge in [0.25, 0.3) is 0 Å². The lowest BCUT2D eigenvalue weighted by Gasteiger charge is -2.28. The zero-order valence-electron chi connectivity index (χ0n) is 10.8. The summed E-state index contributed by atoms with van der Waals surface area (Å²) in [5.41, 5.74) is 1.41. The minimum absolute atomic E-state index is 0.435. The average Bonchev–Trinajstić information content (AvgIpc) is 2.63. The Kier molecular flexibility index (Phi) is 2.87. The molecule has 82 valence electrons. The summed E-state index contributed by atoms with van der Waals surface area (Å²) in [5, 5.41) is 0. The normalized spacial score (nSPS) is 21.6. The van der Waals surface area contributed by atoms with Gasteiger partial charge in [-0.1, -0.05) is 53.7 Å². The molecule has 0 atom stereocenters. The van der Waals surface area contributed by atoms with Gasteiger partial charge in [-0.2, -0.15) is 0 Å². The molecule has 0 amide bonds. The fraction of sp³-hybridized carbons (Fsp3) is 0.857. The van der Waals surface area contributed by atoms with Crippen molar-refractivity contribution in [1.29, 1.82) is 0 Å². The molecule has 0 radical (unpaired) electrons. The summed E-state index contributed by atoms with van der Waals surface area (Å²) in [4.78, 5) is 0. The number of rotatable bonds is 2. The van der Waals surface area contributed by atoms with Crippen LogP contribution in [0.5, 0.6) is 0 Å². The molecule has 0 aromatic rings. The third-order valence-corrected chi connectivity index (χ3v) is 3.45. The van der Waals surface area contributed by atoms with Gasteiger partial charge >= 0.3 is 0 Å². The summed E-state index contributed by atoms with van der Waals surface area (Å²) in [7, 11) is 0. The van der Waals surface area contributed by atoms with Crippen LogP contribution in [0.1, 0.15) is 60.8 Å². The molecule has 0 aromatic heterocycles.